The van der Waals surface area contributed by atoms with Crippen molar-refractivity contribution in [3.05, 3.63) is 215 Å². The van der Waals surface area contributed by atoms with Gasteiger partial charge in [0, 0.05) is 52.8 Å². The highest BCUT2D eigenvalue weighted by Crippen LogP contribution is 2.56. The van der Waals surface area contributed by atoms with Crippen molar-refractivity contribution in [2.24, 2.45) is 0 Å². The zero-order valence-corrected chi connectivity index (χ0v) is 48.2. The Morgan fingerprint density at radius 1 is 0.266 bits per heavy atom. The van der Waals surface area contributed by atoms with Gasteiger partial charge in [0.25, 0.3) is 0 Å². The molecule has 0 saturated carbocycles. The van der Waals surface area contributed by atoms with Crippen LogP contribution in [0.2, 0.25) is 0 Å². The summed E-state index contributed by atoms with van der Waals surface area (Å²) in [4.78, 5) is 4.74. The number of benzene rings is 8. The molecule has 0 radical (unpaired) electrons. The minimum absolute atomic E-state index is 0.105. The van der Waals surface area contributed by atoms with Crippen molar-refractivity contribution >= 4 is 34.1 Å². The predicted molar refractivity (Wildman–Crippen MR) is 338 cm³/mol. The highest BCUT2D eigenvalue weighted by molar-refractivity contribution is 5.87. The molecule has 9 rings (SSSR count). The van der Waals surface area contributed by atoms with Crippen LogP contribution in [-0.2, 0) is 5.41 Å². The Bertz CT molecular complexity index is 2800. The third-order valence-electron chi connectivity index (χ3n) is 17.0. The quantitative estimate of drug-likeness (QED) is 0.0441. The van der Waals surface area contributed by atoms with Crippen LogP contribution in [0.3, 0.4) is 0 Å². The molecule has 8 aromatic rings. The lowest BCUT2D eigenvalue weighted by Gasteiger charge is -2.33. The van der Waals surface area contributed by atoms with Crippen LogP contribution >= 0.6 is 0 Å². The second-order valence-corrected chi connectivity index (χ2v) is 23.0. The zero-order valence-electron chi connectivity index (χ0n) is 48.2. The number of aliphatic hydroxyl groups excluding tert-OH is 2. The minimum atomic E-state index is -0.105. The molecule has 8 aromatic carbocycles. The number of aliphatic hydroxyl groups is 2. The fourth-order valence-electron chi connectivity index (χ4n) is 12.3. The SMILES string of the molecule is Cc1ccc(N(c2ccc(C)cc2)c2ccc(-c3ccc4c(c3)C(CCCCCCCCCCCO)(CCCCCCCCCCCO)c3cc(-c5ccc(N(c6ccc(C)cc6)c6ccc(C)cc6)cc5)ccc3-4)cc2)cc1. The first-order chi connectivity index (χ1) is 38.7. The lowest BCUT2D eigenvalue weighted by Crippen LogP contribution is -2.25. The Labute approximate surface area is 475 Å². The van der Waals surface area contributed by atoms with Crippen molar-refractivity contribution in [2.75, 3.05) is 23.0 Å². The van der Waals surface area contributed by atoms with E-state index in [1.54, 1.807) is 0 Å². The molecule has 1 aliphatic rings. The van der Waals surface area contributed by atoms with Crippen molar-refractivity contribution in [2.45, 2.75) is 162 Å². The highest BCUT2D eigenvalue weighted by atomic mass is 16.3. The van der Waals surface area contributed by atoms with E-state index in [9.17, 15) is 10.2 Å². The standard InChI is InChI=1S/C75H88N2O2/c1-57-23-37-65(38-24-57)76(66-39-25-58(2)26-40-66)69-45-31-61(32-46-69)63-35-49-71-72-50-36-64(62-33-47-70(48-34-62)77(67-41-27-59(3)28-42-67)68-43-29-60(4)30-44-68)56-74(72)75(73(71)55-63,51-19-15-11-7-5-9-13-17-21-53-78)52-20-16-12-8-6-10-14-18-22-54-79/h23-50,55-56,78-79H,5-22,51-54H2,1-4H3. The van der Waals surface area contributed by atoms with Gasteiger partial charge in [-0.05, 0) is 183 Å². The van der Waals surface area contributed by atoms with Crippen LogP contribution in [0, 0.1) is 27.7 Å². The molecular weight excluding hydrogens is 961 g/mol. The topological polar surface area (TPSA) is 46.9 Å². The Hall–Kier alpha value is -6.72. The number of rotatable bonds is 30. The number of anilines is 6. The molecule has 79 heavy (non-hydrogen) atoms. The predicted octanol–water partition coefficient (Wildman–Crippen LogP) is 21.2. The van der Waals surface area contributed by atoms with Gasteiger partial charge in [0.1, 0.15) is 0 Å². The van der Waals surface area contributed by atoms with Gasteiger partial charge in [-0.25, -0.2) is 0 Å². The molecule has 4 heteroatoms. The summed E-state index contributed by atoms with van der Waals surface area (Å²) in [5, 5.41) is 18.6. The van der Waals surface area contributed by atoms with E-state index >= 15 is 0 Å². The summed E-state index contributed by atoms with van der Waals surface area (Å²) in [5.74, 6) is 0. The summed E-state index contributed by atoms with van der Waals surface area (Å²) in [6.45, 7) is 9.23. The summed E-state index contributed by atoms with van der Waals surface area (Å²) in [5.41, 5.74) is 22.7. The fraction of sp³-hybridized carbons (Fsp3) is 0.360. The first kappa shape index (κ1) is 57.0. The number of unbranched alkanes of at least 4 members (excludes halogenated alkanes) is 16. The molecular formula is C75H88N2O2. The van der Waals surface area contributed by atoms with Crippen molar-refractivity contribution in [1.82, 2.24) is 0 Å². The Morgan fingerprint density at radius 2 is 0.494 bits per heavy atom. The molecule has 0 bridgehead atoms. The molecule has 0 aromatic heterocycles. The van der Waals surface area contributed by atoms with E-state index in [1.165, 1.54) is 157 Å². The van der Waals surface area contributed by atoms with Gasteiger partial charge >= 0.3 is 0 Å². The molecule has 0 amide bonds. The number of aryl methyl sites for hydroxylation is 4. The lowest BCUT2D eigenvalue weighted by atomic mass is 9.70. The van der Waals surface area contributed by atoms with Crippen LogP contribution < -0.4 is 9.80 Å². The van der Waals surface area contributed by atoms with Gasteiger partial charge in [0.2, 0.25) is 0 Å². The number of fused-ring (bicyclic) bond motifs is 3. The molecule has 0 fully saturated rings. The molecule has 0 saturated heterocycles. The van der Waals surface area contributed by atoms with E-state index < -0.39 is 0 Å². The average Bonchev–Trinajstić information content (AvgIpc) is 3.89. The Balaban J connectivity index is 1.06. The van der Waals surface area contributed by atoms with E-state index in [-0.39, 0.29) is 5.41 Å². The Morgan fingerprint density at radius 3 is 0.759 bits per heavy atom. The maximum absolute atomic E-state index is 9.30. The number of hydrogen-bond donors (Lipinski definition) is 2. The monoisotopic (exact) mass is 1050 g/mol. The summed E-state index contributed by atoms with van der Waals surface area (Å²) >= 11 is 0. The zero-order chi connectivity index (χ0) is 54.8. The highest BCUT2D eigenvalue weighted by Gasteiger charge is 2.42. The summed E-state index contributed by atoms with van der Waals surface area (Å²) < 4.78 is 0. The lowest BCUT2D eigenvalue weighted by molar-refractivity contribution is 0.282. The third kappa shape index (κ3) is 14.6. The molecule has 410 valence electrons. The molecule has 2 N–H and O–H groups in total. The normalized spacial score (nSPS) is 12.4. The van der Waals surface area contributed by atoms with Crippen molar-refractivity contribution in [3.8, 4) is 33.4 Å². The van der Waals surface area contributed by atoms with Crippen molar-refractivity contribution in [1.29, 1.82) is 0 Å². The second kappa shape index (κ2) is 28.4. The Kier molecular flexibility index (Phi) is 20.5. The molecule has 1 aliphatic carbocycles. The maximum atomic E-state index is 9.30. The maximum Gasteiger partial charge on any atom is 0.0462 e. The molecule has 0 heterocycles. The van der Waals surface area contributed by atoms with Crippen molar-refractivity contribution < 1.29 is 10.2 Å². The summed E-state index contributed by atoms with van der Waals surface area (Å²) in [6, 6.07) is 69.0. The van der Waals surface area contributed by atoms with Crippen molar-refractivity contribution in [3.63, 3.8) is 0 Å². The van der Waals surface area contributed by atoms with Crippen LogP contribution in [0.5, 0.6) is 0 Å². The molecule has 4 nitrogen and oxygen atoms in total. The minimum Gasteiger partial charge on any atom is -0.396 e. The number of hydrogen-bond acceptors (Lipinski definition) is 4. The average molecular weight is 1050 g/mol. The van der Waals surface area contributed by atoms with Gasteiger partial charge in [-0.3, -0.25) is 0 Å². The van der Waals surface area contributed by atoms with Gasteiger partial charge in [0.15, 0.2) is 0 Å². The van der Waals surface area contributed by atoms with E-state index in [2.05, 4.69) is 219 Å². The number of nitrogens with zero attached hydrogens (tertiary/aromatic N) is 2. The molecule has 0 unspecified atom stereocenters. The first-order valence-corrected chi connectivity index (χ1v) is 30.3. The van der Waals surface area contributed by atoms with E-state index in [1.807, 2.05) is 0 Å². The molecule has 0 aliphatic heterocycles. The third-order valence-corrected chi connectivity index (χ3v) is 17.0. The van der Waals surface area contributed by atoms with Crippen LogP contribution in [-0.4, -0.2) is 23.4 Å². The van der Waals surface area contributed by atoms with Gasteiger partial charge in [-0.1, -0.05) is 222 Å². The van der Waals surface area contributed by atoms with E-state index in [0.717, 1.165) is 72.6 Å². The van der Waals surface area contributed by atoms with Gasteiger partial charge in [0.05, 0.1) is 0 Å². The van der Waals surface area contributed by atoms with Gasteiger partial charge < -0.3 is 20.0 Å². The smallest absolute Gasteiger partial charge is 0.0462 e. The van der Waals surface area contributed by atoms with Crippen LogP contribution in [0.4, 0.5) is 34.1 Å². The second-order valence-electron chi connectivity index (χ2n) is 23.0. The molecule has 0 atom stereocenters. The van der Waals surface area contributed by atoms with Crippen LogP contribution in [0.15, 0.2) is 182 Å². The van der Waals surface area contributed by atoms with Gasteiger partial charge in [-0.15, -0.1) is 0 Å². The first-order valence-electron chi connectivity index (χ1n) is 30.3. The fourth-order valence-corrected chi connectivity index (χ4v) is 12.3. The van der Waals surface area contributed by atoms with Gasteiger partial charge in [-0.2, -0.15) is 0 Å². The molecule has 0 spiro atoms. The van der Waals surface area contributed by atoms with Crippen LogP contribution in [0.25, 0.3) is 33.4 Å². The van der Waals surface area contributed by atoms with E-state index in [4.69, 9.17) is 0 Å². The van der Waals surface area contributed by atoms with E-state index in [0.29, 0.717) is 13.2 Å². The largest absolute Gasteiger partial charge is 0.396 e. The summed E-state index contributed by atoms with van der Waals surface area (Å²) in [7, 11) is 0. The summed E-state index contributed by atoms with van der Waals surface area (Å²) in [6.07, 6.45) is 24.0. The van der Waals surface area contributed by atoms with Crippen LogP contribution in [0.1, 0.15) is 162 Å².